The van der Waals surface area contributed by atoms with E-state index in [1.54, 1.807) is 24.3 Å². The van der Waals surface area contributed by atoms with Crippen LogP contribution in [0, 0.1) is 0 Å². The lowest BCUT2D eigenvalue weighted by molar-refractivity contribution is -0.142. The van der Waals surface area contributed by atoms with Gasteiger partial charge in [0.2, 0.25) is 17.7 Å². The Bertz CT molecular complexity index is 1450. The summed E-state index contributed by atoms with van der Waals surface area (Å²) in [4.78, 5) is 54.7. The van der Waals surface area contributed by atoms with Crippen molar-refractivity contribution in [3.8, 4) is 0 Å². The molecule has 4 N–H and O–H groups in total. The molecule has 0 bridgehead atoms. The molecule has 2 aliphatic rings. The molecule has 3 amide bonds. The number of nitrogens with two attached hydrogens (primary N) is 1. The number of carbonyl (C=O) groups is 4. The molecule has 8 heteroatoms. The molecule has 3 aromatic carbocycles. The molecule has 3 aromatic rings. The van der Waals surface area contributed by atoms with Crippen LogP contribution in [0.1, 0.15) is 64.7 Å². The summed E-state index contributed by atoms with van der Waals surface area (Å²) < 4.78 is 0. The average molecular weight is 567 g/mol. The summed E-state index contributed by atoms with van der Waals surface area (Å²) in [5.74, 6) is -1.15. The number of hydrogen-bond acceptors (Lipinski definition) is 5. The first-order valence-electron chi connectivity index (χ1n) is 14.8. The van der Waals surface area contributed by atoms with Crippen molar-refractivity contribution in [3.05, 3.63) is 101 Å². The molecule has 0 unspecified atom stereocenters. The Labute approximate surface area is 246 Å². The van der Waals surface area contributed by atoms with Crippen molar-refractivity contribution < 1.29 is 19.2 Å². The lowest BCUT2D eigenvalue weighted by Gasteiger charge is -2.36. The van der Waals surface area contributed by atoms with E-state index in [1.165, 1.54) is 22.4 Å². The van der Waals surface area contributed by atoms with E-state index < -0.39 is 18.0 Å². The summed E-state index contributed by atoms with van der Waals surface area (Å²) in [6, 6.07) is 20.9. The number of nitrogens with one attached hydrogen (secondary N) is 2. The molecular formula is C34H38N4O4. The second-order valence-corrected chi connectivity index (χ2v) is 11.1. The standard InChI is InChI=1S/C34H38N4O4/c35-19-18-29(33(41)36-28-15-14-23-8-4-5-11-25(23)20-28)37-34(42)30-21-26-12-6-7-13-27(26)22-38(30)32(40)17-16-31(39)24-9-2-1-3-10-24/h1-3,6-7,9-10,12-15,20,29-30H,4-5,8,11,16-19,21-22,35H2,(H,36,41)(H,37,42)/t29-,30-/m0/s1. The number of ketones is 1. The largest absolute Gasteiger partial charge is 0.342 e. The fourth-order valence-electron chi connectivity index (χ4n) is 5.90. The van der Waals surface area contributed by atoms with Gasteiger partial charge in [-0.25, -0.2) is 0 Å². The van der Waals surface area contributed by atoms with E-state index in [2.05, 4.69) is 16.7 Å². The summed E-state index contributed by atoms with van der Waals surface area (Å²) in [6.45, 7) is 0.468. The molecule has 0 saturated carbocycles. The van der Waals surface area contributed by atoms with Crippen LogP contribution in [0.4, 0.5) is 5.69 Å². The predicted octanol–water partition coefficient (Wildman–Crippen LogP) is 3.95. The van der Waals surface area contributed by atoms with E-state index in [9.17, 15) is 19.2 Å². The van der Waals surface area contributed by atoms with E-state index in [1.807, 2.05) is 42.5 Å². The Morgan fingerprint density at radius 2 is 1.55 bits per heavy atom. The molecular weight excluding hydrogens is 528 g/mol. The summed E-state index contributed by atoms with van der Waals surface area (Å²) in [7, 11) is 0. The van der Waals surface area contributed by atoms with Crippen molar-refractivity contribution >= 4 is 29.2 Å². The molecule has 1 aliphatic carbocycles. The van der Waals surface area contributed by atoms with Crippen LogP contribution in [0.5, 0.6) is 0 Å². The minimum atomic E-state index is -0.854. The van der Waals surface area contributed by atoms with Crippen LogP contribution < -0.4 is 16.4 Å². The maximum Gasteiger partial charge on any atom is 0.246 e. The van der Waals surface area contributed by atoms with Gasteiger partial charge in [-0.1, -0.05) is 60.7 Å². The van der Waals surface area contributed by atoms with Gasteiger partial charge in [0.15, 0.2) is 5.78 Å². The number of aryl methyl sites for hydroxylation is 2. The van der Waals surface area contributed by atoms with Gasteiger partial charge in [-0.3, -0.25) is 19.2 Å². The number of nitrogens with zero attached hydrogens (tertiary/aromatic N) is 1. The molecule has 0 radical (unpaired) electrons. The number of Topliss-reactive ketones (excluding diaryl/α,β-unsaturated/α-hetero) is 1. The summed E-state index contributed by atoms with van der Waals surface area (Å²) in [5, 5.41) is 5.84. The number of carbonyl (C=O) groups excluding carboxylic acids is 4. The molecule has 0 fully saturated rings. The van der Waals surface area contributed by atoms with Crippen LogP contribution in [-0.4, -0.2) is 47.0 Å². The van der Waals surface area contributed by atoms with Crippen LogP contribution in [0.3, 0.4) is 0 Å². The number of benzene rings is 3. The van der Waals surface area contributed by atoms with Gasteiger partial charge < -0.3 is 21.3 Å². The van der Waals surface area contributed by atoms with E-state index in [0.29, 0.717) is 17.7 Å². The predicted molar refractivity (Wildman–Crippen MR) is 162 cm³/mol. The third-order valence-electron chi connectivity index (χ3n) is 8.24. The second kappa shape index (κ2) is 13.6. The lowest BCUT2D eigenvalue weighted by Crippen LogP contribution is -2.56. The van der Waals surface area contributed by atoms with E-state index in [0.717, 1.165) is 30.4 Å². The van der Waals surface area contributed by atoms with Crippen LogP contribution in [0.15, 0.2) is 72.8 Å². The number of hydrogen-bond donors (Lipinski definition) is 3. The molecule has 0 saturated heterocycles. The summed E-state index contributed by atoms with van der Waals surface area (Å²) >= 11 is 0. The van der Waals surface area contributed by atoms with Crippen molar-refractivity contribution in [2.24, 2.45) is 5.73 Å². The molecule has 1 heterocycles. The zero-order chi connectivity index (χ0) is 29.5. The topological polar surface area (TPSA) is 122 Å². The Morgan fingerprint density at radius 3 is 2.31 bits per heavy atom. The van der Waals surface area contributed by atoms with Gasteiger partial charge in [0.1, 0.15) is 12.1 Å². The van der Waals surface area contributed by atoms with Gasteiger partial charge in [-0.05, 0) is 73.0 Å². The molecule has 8 nitrogen and oxygen atoms in total. The van der Waals surface area contributed by atoms with Crippen LogP contribution in [-0.2, 0) is 40.2 Å². The molecule has 0 aromatic heterocycles. The van der Waals surface area contributed by atoms with Crippen molar-refractivity contribution in [1.82, 2.24) is 10.2 Å². The van der Waals surface area contributed by atoms with Crippen molar-refractivity contribution in [2.75, 3.05) is 11.9 Å². The first-order valence-corrected chi connectivity index (χ1v) is 14.8. The highest BCUT2D eigenvalue weighted by atomic mass is 16.2. The SMILES string of the molecule is NCC[C@H](NC(=O)[C@@H]1Cc2ccccc2CN1C(=O)CCC(=O)c1ccccc1)C(=O)Nc1ccc2c(c1)CCCC2. The highest BCUT2D eigenvalue weighted by molar-refractivity contribution is 6.00. The molecule has 0 spiro atoms. The maximum atomic E-state index is 13.7. The van der Waals surface area contributed by atoms with Crippen molar-refractivity contribution in [1.29, 1.82) is 0 Å². The second-order valence-electron chi connectivity index (χ2n) is 11.1. The number of fused-ring (bicyclic) bond motifs is 2. The third kappa shape index (κ3) is 6.94. The quantitative estimate of drug-likeness (QED) is 0.321. The smallest absolute Gasteiger partial charge is 0.246 e. The number of amides is 3. The first kappa shape index (κ1) is 29.2. The average Bonchev–Trinajstić information content (AvgIpc) is 3.02. The Kier molecular flexibility index (Phi) is 9.44. The van der Waals surface area contributed by atoms with E-state index in [-0.39, 0.29) is 49.9 Å². The zero-order valence-corrected chi connectivity index (χ0v) is 23.8. The Balaban J connectivity index is 1.29. The third-order valence-corrected chi connectivity index (χ3v) is 8.24. The molecule has 218 valence electrons. The fraction of sp³-hybridized carbons (Fsp3) is 0.353. The molecule has 1 aliphatic heterocycles. The van der Waals surface area contributed by atoms with Gasteiger partial charge in [-0.15, -0.1) is 0 Å². The van der Waals surface area contributed by atoms with Crippen molar-refractivity contribution in [2.45, 2.75) is 70.0 Å². The minimum Gasteiger partial charge on any atom is -0.342 e. The molecule has 2 atom stereocenters. The maximum absolute atomic E-state index is 13.7. The monoisotopic (exact) mass is 566 g/mol. The van der Waals surface area contributed by atoms with Crippen LogP contribution in [0.25, 0.3) is 0 Å². The van der Waals surface area contributed by atoms with Crippen LogP contribution >= 0.6 is 0 Å². The minimum absolute atomic E-state index is 0.00921. The number of anilines is 1. The lowest BCUT2D eigenvalue weighted by atomic mass is 9.91. The highest BCUT2D eigenvalue weighted by Gasteiger charge is 2.36. The fourth-order valence-corrected chi connectivity index (χ4v) is 5.90. The summed E-state index contributed by atoms with van der Waals surface area (Å²) in [5.41, 5.74) is 11.6. The Morgan fingerprint density at radius 1 is 0.833 bits per heavy atom. The zero-order valence-electron chi connectivity index (χ0n) is 23.8. The van der Waals surface area contributed by atoms with Gasteiger partial charge in [0.25, 0.3) is 0 Å². The number of rotatable bonds is 10. The highest BCUT2D eigenvalue weighted by Crippen LogP contribution is 2.26. The normalized spacial score (nSPS) is 16.5. The van der Waals surface area contributed by atoms with Crippen molar-refractivity contribution in [3.63, 3.8) is 0 Å². The van der Waals surface area contributed by atoms with Gasteiger partial charge in [-0.2, -0.15) is 0 Å². The molecule has 42 heavy (non-hydrogen) atoms. The first-order chi connectivity index (χ1) is 20.4. The van der Waals surface area contributed by atoms with Gasteiger partial charge >= 0.3 is 0 Å². The van der Waals surface area contributed by atoms with E-state index >= 15 is 0 Å². The Hall–Kier alpha value is -4.30. The van der Waals surface area contributed by atoms with E-state index in [4.69, 9.17) is 5.73 Å². The van der Waals surface area contributed by atoms with Gasteiger partial charge in [0.05, 0.1) is 0 Å². The van der Waals surface area contributed by atoms with Gasteiger partial charge in [0, 0.05) is 37.1 Å². The van der Waals surface area contributed by atoms with Crippen LogP contribution in [0.2, 0.25) is 0 Å². The molecule has 5 rings (SSSR count). The summed E-state index contributed by atoms with van der Waals surface area (Å²) in [6.07, 6.45) is 4.97.